The van der Waals surface area contributed by atoms with Crippen LogP contribution in [0.25, 0.3) is 0 Å². The lowest BCUT2D eigenvalue weighted by Crippen LogP contribution is -2.20. The Balaban J connectivity index is -0.000000507. The number of carbonyl (C=O) groups excluding carboxylic acids is 2. The summed E-state index contributed by atoms with van der Waals surface area (Å²) in [5.41, 5.74) is -0.319. The Morgan fingerprint density at radius 3 is 1.55 bits per heavy atom. The van der Waals surface area contributed by atoms with Gasteiger partial charge in [-0.25, -0.2) is 15.3 Å². The summed E-state index contributed by atoms with van der Waals surface area (Å²) in [6, 6.07) is 0. The summed E-state index contributed by atoms with van der Waals surface area (Å²) in [5.74, 6) is -5.69. The van der Waals surface area contributed by atoms with Crippen LogP contribution in [0.1, 0.15) is 26.7 Å². The third-order valence-electron chi connectivity index (χ3n) is 2.52. The fourth-order valence-corrected chi connectivity index (χ4v) is 1.21. The van der Waals surface area contributed by atoms with Crippen LogP contribution in [0.2, 0.25) is 0 Å². The molecule has 0 aliphatic rings. The molecule has 0 aliphatic heterocycles. The molecule has 2 amide bonds. The Labute approximate surface area is 176 Å². The van der Waals surface area contributed by atoms with E-state index in [-0.39, 0.29) is 18.8 Å². The average Bonchev–Trinajstić information content (AvgIpc) is 2.67. The summed E-state index contributed by atoms with van der Waals surface area (Å²) in [4.78, 5) is 59.7. The molecule has 0 aromatic rings. The summed E-state index contributed by atoms with van der Waals surface area (Å²) >= 11 is 0. The maximum atomic E-state index is 11.1. The highest BCUT2D eigenvalue weighted by atomic mass is 17.1. The molecule has 0 saturated heterocycles. The minimum absolute atomic E-state index is 0. The third-order valence-corrected chi connectivity index (χ3v) is 2.52. The topological polar surface area (TPSA) is 229 Å². The second-order valence-corrected chi connectivity index (χ2v) is 4.91. The summed E-state index contributed by atoms with van der Waals surface area (Å²) in [6.45, 7) is 6.30. The highest BCUT2D eigenvalue weighted by Crippen LogP contribution is 2.02. The number of carbonyl (C=O) groups is 5. The zero-order chi connectivity index (χ0) is 23.7. The van der Waals surface area contributed by atoms with E-state index in [0.717, 1.165) is 18.5 Å². The van der Waals surface area contributed by atoms with Crippen LogP contribution in [0.5, 0.6) is 0 Å². The van der Waals surface area contributed by atoms with Crippen molar-refractivity contribution in [2.24, 2.45) is 0 Å². The van der Waals surface area contributed by atoms with E-state index in [4.69, 9.17) is 25.8 Å². The van der Waals surface area contributed by atoms with Crippen LogP contribution < -0.4 is 10.6 Å². The van der Waals surface area contributed by atoms with Crippen molar-refractivity contribution in [3.63, 3.8) is 0 Å². The smallest absolute Gasteiger partial charge is 0.331 e. The summed E-state index contributed by atoms with van der Waals surface area (Å²) in [6.07, 6.45) is 1.15. The molecule has 0 fully saturated rings. The van der Waals surface area contributed by atoms with Gasteiger partial charge < -0.3 is 35.7 Å². The first kappa shape index (κ1) is 31.5. The molecule has 0 saturated carbocycles. The SMILES string of the molecule is C.C=C(CC(=O)N/C=C(/CC(=O)O)OO)C(=O)O.C=CC(=O)N/C=C(/CC(=O)O)OO. The number of hydrogen-bond donors (Lipinski definition) is 7. The van der Waals surface area contributed by atoms with Crippen LogP contribution in [0.15, 0.2) is 48.7 Å². The Morgan fingerprint density at radius 2 is 1.23 bits per heavy atom. The fraction of sp³-hybridized carbons (Fsp3) is 0.235. The molecule has 0 aromatic carbocycles. The van der Waals surface area contributed by atoms with Gasteiger partial charge in [0.2, 0.25) is 11.8 Å². The molecule has 0 atom stereocenters. The van der Waals surface area contributed by atoms with Crippen molar-refractivity contribution >= 4 is 29.7 Å². The van der Waals surface area contributed by atoms with Crippen LogP contribution in [-0.4, -0.2) is 55.6 Å². The third kappa shape index (κ3) is 18.9. The molecule has 0 aliphatic carbocycles. The predicted octanol–water partition coefficient (Wildman–Crippen LogP) is 0.670. The van der Waals surface area contributed by atoms with Crippen molar-refractivity contribution in [2.75, 3.05) is 0 Å². The Morgan fingerprint density at radius 1 is 0.806 bits per heavy atom. The number of carboxylic acid groups (broad SMARTS) is 3. The van der Waals surface area contributed by atoms with E-state index >= 15 is 0 Å². The first-order chi connectivity index (χ1) is 14.0. The predicted molar refractivity (Wildman–Crippen MR) is 103 cm³/mol. The molecule has 174 valence electrons. The van der Waals surface area contributed by atoms with Gasteiger partial charge in [-0.1, -0.05) is 20.6 Å². The molecule has 0 rings (SSSR count). The molecular weight excluding hydrogens is 424 g/mol. The van der Waals surface area contributed by atoms with E-state index in [1.807, 2.05) is 0 Å². The maximum Gasteiger partial charge on any atom is 0.331 e. The largest absolute Gasteiger partial charge is 0.481 e. The minimum atomic E-state index is -1.31. The van der Waals surface area contributed by atoms with Gasteiger partial charge in [-0.05, 0) is 6.08 Å². The van der Waals surface area contributed by atoms with Crippen LogP contribution in [-0.2, 0) is 33.7 Å². The van der Waals surface area contributed by atoms with Gasteiger partial charge in [0.25, 0.3) is 0 Å². The van der Waals surface area contributed by atoms with Crippen LogP contribution in [0.4, 0.5) is 0 Å². The van der Waals surface area contributed by atoms with Gasteiger partial charge in [-0.3, -0.25) is 19.2 Å². The van der Waals surface area contributed by atoms with Crippen LogP contribution in [0, 0.1) is 0 Å². The number of carboxylic acids is 3. The minimum Gasteiger partial charge on any atom is -0.481 e. The second-order valence-electron chi connectivity index (χ2n) is 4.91. The van der Waals surface area contributed by atoms with Gasteiger partial charge in [0, 0.05) is 18.0 Å². The number of hydrogen-bond acceptors (Lipinski definition) is 9. The fourth-order valence-electron chi connectivity index (χ4n) is 1.21. The lowest BCUT2D eigenvalue weighted by Gasteiger charge is -2.02. The molecule has 0 radical (unpaired) electrons. The molecule has 0 spiro atoms. The number of aliphatic carboxylic acids is 3. The van der Waals surface area contributed by atoms with E-state index in [1.54, 1.807) is 0 Å². The van der Waals surface area contributed by atoms with Crippen molar-refractivity contribution in [2.45, 2.75) is 26.7 Å². The first-order valence-corrected chi connectivity index (χ1v) is 7.54. The lowest BCUT2D eigenvalue weighted by atomic mass is 10.2. The van der Waals surface area contributed by atoms with Gasteiger partial charge in [0.1, 0.15) is 12.8 Å². The van der Waals surface area contributed by atoms with Crippen molar-refractivity contribution in [3.8, 4) is 0 Å². The number of rotatable bonds is 12. The summed E-state index contributed by atoms with van der Waals surface area (Å²) in [7, 11) is 0. The van der Waals surface area contributed by atoms with Crippen molar-refractivity contribution in [1.82, 2.24) is 10.6 Å². The van der Waals surface area contributed by atoms with Crippen molar-refractivity contribution < 1.29 is 59.6 Å². The van der Waals surface area contributed by atoms with E-state index in [2.05, 4.69) is 33.6 Å². The van der Waals surface area contributed by atoms with E-state index < -0.39 is 54.7 Å². The standard InChI is InChI=1S/C9H11NO7.C7H9NO5.CH4/c1-5(9(14)15)2-7(11)10-4-6(17-16)3-8(12)13;1-2-6(9)8-4-5(13-12)3-7(10)11;/h4,16H,1-3H2,(H,10,11)(H,12,13)(H,14,15);2,4,12H,1,3H2,(H,8,9)(H,10,11);1H4/b6-4-;5-4-;. The highest BCUT2D eigenvalue weighted by molar-refractivity contribution is 5.93. The second kappa shape index (κ2) is 17.9. The number of amides is 2. The van der Waals surface area contributed by atoms with Gasteiger partial charge in [0.05, 0.1) is 6.42 Å². The zero-order valence-corrected chi connectivity index (χ0v) is 15.4. The molecule has 0 unspecified atom stereocenters. The lowest BCUT2D eigenvalue weighted by molar-refractivity contribution is -0.207. The summed E-state index contributed by atoms with van der Waals surface area (Å²) < 4.78 is 0. The number of nitrogens with one attached hydrogen (secondary N) is 2. The normalized spacial score (nSPS) is 10.1. The van der Waals surface area contributed by atoms with Gasteiger partial charge in [-0.15, -0.1) is 0 Å². The Kier molecular flexibility index (Phi) is 18.2. The first-order valence-electron chi connectivity index (χ1n) is 7.54. The average molecular weight is 448 g/mol. The Bertz CT molecular complexity index is 739. The molecule has 14 heteroatoms. The summed E-state index contributed by atoms with van der Waals surface area (Å²) in [5, 5.41) is 45.7. The zero-order valence-electron chi connectivity index (χ0n) is 15.4. The van der Waals surface area contributed by atoms with Gasteiger partial charge in [0.15, 0.2) is 11.5 Å². The Hall–Kier alpha value is -4.17. The van der Waals surface area contributed by atoms with E-state index in [1.165, 1.54) is 0 Å². The van der Waals surface area contributed by atoms with E-state index in [9.17, 15) is 24.0 Å². The quantitative estimate of drug-likeness (QED) is 0.0945. The van der Waals surface area contributed by atoms with Crippen LogP contribution in [0.3, 0.4) is 0 Å². The highest BCUT2D eigenvalue weighted by Gasteiger charge is 2.11. The molecule has 14 nitrogen and oxygen atoms in total. The van der Waals surface area contributed by atoms with Crippen molar-refractivity contribution in [3.05, 3.63) is 48.7 Å². The van der Waals surface area contributed by atoms with Crippen LogP contribution >= 0.6 is 0 Å². The van der Waals surface area contributed by atoms with Crippen molar-refractivity contribution in [1.29, 1.82) is 0 Å². The molecule has 31 heavy (non-hydrogen) atoms. The molecule has 0 heterocycles. The molecule has 0 aromatic heterocycles. The maximum absolute atomic E-state index is 11.1. The van der Waals surface area contributed by atoms with Gasteiger partial charge >= 0.3 is 17.9 Å². The monoisotopic (exact) mass is 448 g/mol. The van der Waals surface area contributed by atoms with E-state index in [0.29, 0.717) is 0 Å². The molecule has 7 N–H and O–H groups in total. The molecule has 0 bridgehead atoms. The van der Waals surface area contributed by atoms with Gasteiger partial charge in [-0.2, -0.15) is 0 Å². The molecular formula is C17H24N2O12.